The lowest BCUT2D eigenvalue weighted by molar-refractivity contribution is 0.177. The van der Waals surface area contributed by atoms with Crippen LogP contribution in [0.25, 0.3) is 11.1 Å². The van der Waals surface area contributed by atoms with Gasteiger partial charge in [0.1, 0.15) is 10.0 Å². The number of imidazole rings is 1. The molecule has 3 aromatic rings. The molecule has 1 amide bonds. The Morgan fingerprint density at radius 2 is 2.06 bits per heavy atom. The van der Waals surface area contributed by atoms with Crippen molar-refractivity contribution in [1.82, 2.24) is 14.3 Å². The first kappa shape index (κ1) is 21.6. The quantitative estimate of drug-likeness (QED) is 0.590. The van der Waals surface area contributed by atoms with Gasteiger partial charge in [0.2, 0.25) is 0 Å². The topological polar surface area (TPSA) is 90.3 Å². The molecule has 9 heteroatoms. The standard InChI is InChI=1S/C22H25N3O4S2/c1-14(2)12-17-13-18(21(30-17)31(27,28)24-22(26)29-3)15-4-6-16(7-5-15)19-8-9-20-23-10-11-25(19)20/h4-7,10-11,13-14,19H,8-9,12H2,1-3H3,(H,24,26)/t19-/m0/s1. The Morgan fingerprint density at radius 1 is 1.32 bits per heavy atom. The van der Waals surface area contributed by atoms with Gasteiger partial charge in [-0.3, -0.25) is 0 Å². The Morgan fingerprint density at radius 3 is 2.74 bits per heavy atom. The van der Waals surface area contributed by atoms with E-state index in [1.165, 1.54) is 11.3 Å². The SMILES string of the molecule is COC(=O)NS(=O)(=O)c1sc(CC(C)C)cc1-c1ccc([C@@H]2CCc3nccn32)cc1. The van der Waals surface area contributed by atoms with E-state index in [0.29, 0.717) is 11.5 Å². The van der Waals surface area contributed by atoms with Gasteiger partial charge in [0.15, 0.2) is 0 Å². The van der Waals surface area contributed by atoms with Gasteiger partial charge in [0.25, 0.3) is 10.0 Å². The van der Waals surface area contributed by atoms with Crippen molar-refractivity contribution in [2.75, 3.05) is 7.11 Å². The Balaban J connectivity index is 1.70. The molecule has 164 valence electrons. The highest BCUT2D eigenvalue weighted by Crippen LogP contribution is 2.38. The number of benzene rings is 1. The van der Waals surface area contributed by atoms with Crippen molar-refractivity contribution >= 4 is 27.5 Å². The summed E-state index contributed by atoms with van der Waals surface area (Å²) in [6.07, 6.45) is 5.53. The number of carbonyl (C=O) groups is 1. The van der Waals surface area contributed by atoms with E-state index in [1.807, 2.05) is 47.4 Å². The third kappa shape index (κ3) is 4.38. The molecule has 1 N–H and O–H groups in total. The maximum absolute atomic E-state index is 12.9. The largest absolute Gasteiger partial charge is 0.452 e. The average Bonchev–Trinajstić information content (AvgIpc) is 3.43. The van der Waals surface area contributed by atoms with Crippen LogP contribution in [0.15, 0.2) is 46.9 Å². The Kier molecular flexibility index (Phi) is 5.90. The fourth-order valence-electron chi connectivity index (χ4n) is 3.96. The number of carbonyl (C=O) groups excluding carboxylic acids is 1. The summed E-state index contributed by atoms with van der Waals surface area (Å²) in [4.78, 5) is 16.9. The highest BCUT2D eigenvalue weighted by atomic mass is 32.2. The van der Waals surface area contributed by atoms with Gasteiger partial charge in [-0.05, 0) is 36.0 Å². The maximum atomic E-state index is 12.9. The lowest BCUT2D eigenvalue weighted by atomic mass is 10.0. The number of aromatic nitrogens is 2. The first-order valence-electron chi connectivity index (χ1n) is 10.1. The molecule has 31 heavy (non-hydrogen) atoms. The third-order valence-corrected chi connectivity index (χ3v) is 8.34. The molecule has 0 fully saturated rings. The van der Waals surface area contributed by atoms with Gasteiger partial charge in [-0.25, -0.2) is 22.9 Å². The zero-order chi connectivity index (χ0) is 22.2. The number of hydrogen-bond donors (Lipinski definition) is 1. The number of ether oxygens (including phenoxy) is 1. The zero-order valence-electron chi connectivity index (χ0n) is 17.7. The number of aryl methyl sites for hydroxylation is 1. The number of thiophene rings is 1. The van der Waals surface area contributed by atoms with E-state index in [1.54, 1.807) is 0 Å². The molecular weight excluding hydrogens is 434 g/mol. The molecule has 4 rings (SSSR count). The molecule has 1 aliphatic heterocycles. The minimum atomic E-state index is -4.04. The van der Waals surface area contributed by atoms with Crippen LogP contribution in [0.4, 0.5) is 4.79 Å². The molecule has 1 aliphatic rings. The van der Waals surface area contributed by atoms with E-state index in [9.17, 15) is 13.2 Å². The summed E-state index contributed by atoms with van der Waals surface area (Å²) in [5.74, 6) is 1.47. The van der Waals surface area contributed by atoms with E-state index in [4.69, 9.17) is 0 Å². The molecule has 3 heterocycles. The van der Waals surface area contributed by atoms with Crippen molar-refractivity contribution in [1.29, 1.82) is 0 Å². The number of fused-ring (bicyclic) bond motifs is 1. The second kappa shape index (κ2) is 8.47. The highest BCUT2D eigenvalue weighted by molar-refractivity contribution is 7.92. The van der Waals surface area contributed by atoms with Gasteiger partial charge in [-0.1, -0.05) is 38.1 Å². The van der Waals surface area contributed by atoms with Crippen LogP contribution in [0.5, 0.6) is 0 Å². The van der Waals surface area contributed by atoms with Crippen LogP contribution in [0.1, 0.15) is 42.6 Å². The van der Waals surface area contributed by atoms with Crippen LogP contribution in [-0.2, 0) is 27.6 Å². The summed E-state index contributed by atoms with van der Waals surface area (Å²) in [5.41, 5.74) is 2.55. The summed E-state index contributed by atoms with van der Waals surface area (Å²) in [7, 11) is -2.91. The van der Waals surface area contributed by atoms with Crippen LogP contribution in [-0.4, -0.2) is 31.2 Å². The van der Waals surface area contributed by atoms with E-state index in [2.05, 4.69) is 28.1 Å². The summed E-state index contributed by atoms with van der Waals surface area (Å²) in [6.45, 7) is 4.17. The minimum absolute atomic E-state index is 0.124. The zero-order valence-corrected chi connectivity index (χ0v) is 19.3. The fourth-order valence-corrected chi connectivity index (χ4v) is 6.83. The second-order valence-corrected chi connectivity index (χ2v) is 11.1. The van der Waals surface area contributed by atoms with Gasteiger partial charge < -0.3 is 9.30 Å². The van der Waals surface area contributed by atoms with Crippen molar-refractivity contribution < 1.29 is 17.9 Å². The molecule has 0 spiro atoms. The molecule has 2 aromatic heterocycles. The van der Waals surface area contributed by atoms with Crippen molar-refractivity contribution in [2.24, 2.45) is 5.92 Å². The number of sulfonamides is 1. The Hall–Kier alpha value is -2.65. The molecule has 0 unspecified atom stereocenters. The lowest BCUT2D eigenvalue weighted by Crippen LogP contribution is -2.30. The molecule has 1 aromatic carbocycles. The summed E-state index contributed by atoms with van der Waals surface area (Å²) in [6, 6.07) is 10.1. The Labute approximate surface area is 186 Å². The number of amides is 1. The van der Waals surface area contributed by atoms with Crippen molar-refractivity contribution in [2.45, 2.75) is 43.4 Å². The fraction of sp³-hybridized carbons (Fsp3) is 0.364. The van der Waals surface area contributed by atoms with E-state index in [0.717, 1.165) is 48.2 Å². The second-order valence-electron chi connectivity index (χ2n) is 8.04. The lowest BCUT2D eigenvalue weighted by Gasteiger charge is -2.14. The van der Waals surface area contributed by atoms with Gasteiger partial charge >= 0.3 is 6.09 Å². The van der Waals surface area contributed by atoms with E-state index in [-0.39, 0.29) is 10.3 Å². The first-order valence-corrected chi connectivity index (χ1v) is 12.4. The number of nitrogens with zero attached hydrogens (tertiary/aromatic N) is 2. The van der Waals surface area contributed by atoms with Crippen LogP contribution in [0, 0.1) is 5.92 Å². The molecule has 0 saturated heterocycles. The van der Waals surface area contributed by atoms with Crippen LogP contribution in [0.2, 0.25) is 0 Å². The predicted molar refractivity (Wildman–Crippen MR) is 120 cm³/mol. The highest BCUT2D eigenvalue weighted by Gasteiger charge is 2.27. The third-order valence-electron chi connectivity index (χ3n) is 5.34. The van der Waals surface area contributed by atoms with E-state index < -0.39 is 16.1 Å². The number of hydrogen-bond acceptors (Lipinski definition) is 6. The average molecular weight is 460 g/mol. The predicted octanol–water partition coefficient (Wildman–Crippen LogP) is 4.39. The smallest absolute Gasteiger partial charge is 0.420 e. The summed E-state index contributed by atoms with van der Waals surface area (Å²) < 4.78 is 34.5. The van der Waals surface area contributed by atoms with Gasteiger partial charge in [-0.15, -0.1) is 11.3 Å². The van der Waals surface area contributed by atoms with Crippen LogP contribution >= 0.6 is 11.3 Å². The summed E-state index contributed by atoms with van der Waals surface area (Å²) in [5, 5.41) is 0. The molecule has 0 aliphatic carbocycles. The number of methoxy groups -OCH3 is 1. The molecule has 0 saturated carbocycles. The van der Waals surface area contributed by atoms with Gasteiger partial charge in [0, 0.05) is 29.3 Å². The molecule has 0 radical (unpaired) electrons. The normalized spacial score (nSPS) is 15.8. The molecule has 1 atom stereocenters. The molecule has 0 bridgehead atoms. The summed E-state index contributed by atoms with van der Waals surface area (Å²) >= 11 is 1.19. The maximum Gasteiger partial charge on any atom is 0.420 e. The van der Waals surface area contributed by atoms with Gasteiger partial charge in [-0.2, -0.15) is 0 Å². The monoisotopic (exact) mass is 459 g/mol. The first-order chi connectivity index (χ1) is 14.8. The molecule has 7 nitrogen and oxygen atoms in total. The Bertz CT molecular complexity index is 1190. The number of rotatable bonds is 6. The van der Waals surface area contributed by atoms with Crippen molar-refractivity contribution in [3.63, 3.8) is 0 Å². The van der Waals surface area contributed by atoms with E-state index >= 15 is 0 Å². The van der Waals surface area contributed by atoms with Crippen molar-refractivity contribution in [3.8, 4) is 11.1 Å². The minimum Gasteiger partial charge on any atom is -0.452 e. The van der Waals surface area contributed by atoms with Crippen LogP contribution < -0.4 is 4.72 Å². The molecular formula is C22H25N3O4S2. The van der Waals surface area contributed by atoms with Gasteiger partial charge in [0.05, 0.1) is 13.2 Å². The number of nitrogens with one attached hydrogen (secondary N) is 1. The van der Waals surface area contributed by atoms with Crippen molar-refractivity contribution in [3.05, 3.63) is 59.0 Å². The van der Waals surface area contributed by atoms with Crippen LogP contribution in [0.3, 0.4) is 0 Å².